The third-order valence-electron chi connectivity index (χ3n) is 3.25. The molecule has 0 radical (unpaired) electrons. The molecule has 2 aromatic rings. The zero-order valence-electron chi connectivity index (χ0n) is 12.6. The van der Waals surface area contributed by atoms with Crippen molar-refractivity contribution in [2.24, 2.45) is 0 Å². The second-order valence-corrected chi connectivity index (χ2v) is 4.93. The molecule has 0 saturated heterocycles. The first kappa shape index (κ1) is 16.0. The first-order valence-corrected chi connectivity index (χ1v) is 7.35. The van der Waals surface area contributed by atoms with Crippen LogP contribution in [0, 0.1) is 0 Å². The molecule has 0 fully saturated rings. The van der Waals surface area contributed by atoms with E-state index in [4.69, 9.17) is 0 Å². The molecular formula is C15H21N5O2. The van der Waals surface area contributed by atoms with Gasteiger partial charge in [-0.05, 0) is 26.1 Å². The van der Waals surface area contributed by atoms with Crippen molar-refractivity contribution in [3.63, 3.8) is 0 Å². The van der Waals surface area contributed by atoms with Gasteiger partial charge in [0.05, 0.1) is 5.52 Å². The van der Waals surface area contributed by atoms with E-state index in [1.54, 1.807) is 0 Å². The summed E-state index contributed by atoms with van der Waals surface area (Å²) in [7, 11) is 1.85. The van der Waals surface area contributed by atoms with E-state index in [2.05, 4.69) is 26.1 Å². The molecule has 22 heavy (non-hydrogen) atoms. The van der Waals surface area contributed by atoms with E-state index in [-0.39, 0.29) is 11.8 Å². The first-order valence-electron chi connectivity index (χ1n) is 7.35. The van der Waals surface area contributed by atoms with Gasteiger partial charge < -0.3 is 16.0 Å². The smallest absolute Gasteiger partial charge is 0.272 e. The van der Waals surface area contributed by atoms with E-state index < -0.39 is 0 Å². The Morgan fingerprint density at radius 1 is 1.14 bits per heavy atom. The number of rotatable bonds is 8. The largest absolute Gasteiger partial charge is 0.354 e. The highest BCUT2D eigenvalue weighted by Gasteiger charge is 2.12. The Hall–Kier alpha value is -2.41. The van der Waals surface area contributed by atoms with Crippen molar-refractivity contribution in [2.45, 2.75) is 12.8 Å². The third kappa shape index (κ3) is 4.29. The molecule has 7 nitrogen and oxygen atoms in total. The van der Waals surface area contributed by atoms with Gasteiger partial charge in [0.1, 0.15) is 0 Å². The van der Waals surface area contributed by atoms with Crippen molar-refractivity contribution in [1.82, 2.24) is 26.1 Å². The average Bonchev–Trinajstić information content (AvgIpc) is 2.96. The van der Waals surface area contributed by atoms with Crippen LogP contribution in [0.2, 0.25) is 0 Å². The minimum absolute atomic E-state index is 0.00489. The Morgan fingerprint density at radius 3 is 2.73 bits per heavy atom. The Kier molecular flexibility index (Phi) is 5.91. The maximum atomic E-state index is 12.1. The van der Waals surface area contributed by atoms with Crippen LogP contribution in [0.1, 0.15) is 23.3 Å². The Labute approximate surface area is 128 Å². The van der Waals surface area contributed by atoms with Gasteiger partial charge in [0.25, 0.3) is 5.91 Å². The normalized spacial score (nSPS) is 10.6. The minimum Gasteiger partial charge on any atom is -0.354 e. The van der Waals surface area contributed by atoms with E-state index in [0.717, 1.165) is 23.9 Å². The number of para-hydroxylation sites is 1. The summed E-state index contributed by atoms with van der Waals surface area (Å²) >= 11 is 0. The van der Waals surface area contributed by atoms with Crippen molar-refractivity contribution >= 4 is 22.7 Å². The molecular weight excluding hydrogens is 282 g/mol. The highest BCUT2D eigenvalue weighted by molar-refractivity contribution is 6.04. The minimum atomic E-state index is -0.248. The van der Waals surface area contributed by atoms with Crippen LogP contribution in [0.3, 0.4) is 0 Å². The lowest BCUT2D eigenvalue weighted by atomic mass is 10.2. The van der Waals surface area contributed by atoms with Crippen LogP contribution in [-0.4, -0.2) is 48.7 Å². The molecule has 4 N–H and O–H groups in total. The molecule has 1 aromatic heterocycles. The van der Waals surface area contributed by atoms with Crippen molar-refractivity contribution in [3.8, 4) is 0 Å². The van der Waals surface area contributed by atoms with Gasteiger partial charge in [0, 0.05) is 24.9 Å². The Morgan fingerprint density at radius 2 is 1.91 bits per heavy atom. The van der Waals surface area contributed by atoms with Crippen LogP contribution >= 0.6 is 0 Å². The summed E-state index contributed by atoms with van der Waals surface area (Å²) in [5.74, 6) is -0.253. The molecule has 1 heterocycles. The Balaban J connectivity index is 1.73. The van der Waals surface area contributed by atoms with Crippen LogP contribution in [0.5, 0.6) is 0 Å². The molecule has 0 bridgehead atoms. The number of benzene rings is 1. The molecule has 2 amide bonds. The molecule has 118 valence electrons. The number of aromatic nitrogens is 2. The number of hydrogen-bond donors (Lipinski definition) is 4. The van der Waals surface area contributed by atoms with E-state index >= 15 is 0 Å². The van der Waals surface area contributed by atoms with Crippen LogP contribution in [0.15, 0.2) is 24.3 Å². The predicted octanol–water partition coefficient (Wildman–Crippen LogP) is 0.409. The highest BCUT2D eigenvalue weighted by atomic mass is 16.2. The zero-order chi connectivity index (χ0) is 15.8. The molecule has 0 aliphatic heterocycles. The monoisotopic (exact) mass is 303 g/mol. The molecule has 0 spiro atoms. The molecule has 0 aliphatic rings. The molecule has 0 atom stereocenters. The van der Waals surface area contributed by atoms with Gasteiger partial charge in [-0.3, -0.25) is 14.7 Å². The van der Waals surface area contributed by atoms with E-state index in [1.807, 2.05) is 31.3 Å². The molecule has 1 aromatic carbocycles. The maximum absolute atomic E-state index is 12.1. The van der Waals surface area contributed by atoms with Crippen molar-refractivity contribution in [3.05, 3.63) is 30.0 Å². The highest BCUT2D eigenvalue weighted by Crippen LogP contribution is 2.14. The number of aromatic amines is 1. The summed E-state index contributed by atoms with van der Waals surface area (Å²) < 4.78 is 0. The molecule has 7 heteroatoms. The summed E-state index contributed by atoms with van der Waals surface area (Å²) in [6.45, 7) is 1.60. The summed E-state index contributed by atoms with van der Waals surface area (Å²) in [6, 6.07) is 7.45. The summed E-state index contributed by atoms with van der Waals surface area (Å²) in [5, 5.41) is 16.1. The van der Waals surface area contributed by atoms with Crippen molar-refractivity contribution < 1.29 is 9.59 Å². The summed E-state index contributed by atoms with van der Waals surface area (Å²) in [4.78, 5) is 23.6. The van der Waals surface area contributed by atoms with Gasteiger partial charge in [-0.15, -0.1) is 0 Å². The van der Waals surface area contributed by atoms with E-state index in [1.165, 1.54) is 0 Å². The fourth-order valence-electron chi connectivity index (χ4n) is 2.11. The SMILES string of the molecule is CNCCCC(=O)NCCNC(=O)c1n[nH]c2ccccc12. The van der Waals surface area contributed by atoms with Gasteiger partial charge in [-0.2, -0.15) is 5.10 Å². The van der Waals surface area contributed by atoms with Crippen LogP contribution in [-0.2, 0) is 4.79 Å². The number of amides is 2. The number of fused-ring (bicyclic) bond motifs is 1. The molecule has 0 aliphatic carbocycles. The molecule has 0 saturated carbocycles. The lowest BCUT2D eigenvalue weighted by molar-refractivity contribution is -0.121. The quantitative estimate of drug-likeness (QED) is 0.531. The number of H-pyrrole nitrogens is 1. The van der Waals surface area contributed by atoms with E-state index in [0.29, 0.717) is 25.2 Å². The number of hydrogen-bond acceptors (Lipinski definition) is 4. The predicted molar refractivity (Wildman–Crippen MR) is 84.6 cm³/mol. The maximum Gasteiger partial charge on any atom is 0.272 e. The van der Waals surface area contributed by atoms with Crippen molar-refractivity contribution in [2.75, 3.05) is 26.7 Å². The second-order valence-electron chi connectivity index (χ2n) is 4.93. The second kappa shape index (κ2) is 8.14. The standard InChI is InChI=1S/C15H21N5O2/c1-16-8-4-7-13(21)17-9-10-18-15(22)14-11-5-2-3-6-12(11)19-20-14/h2-3,5-6,16H,4,7-10H2,1H3,(H,17,21)(H,18,22)(H,19,20). The fourth-order valence-corrected chi connectivity index (χ4v) is 2.11. The van der Waals surface area contributed by atoms with Crippen LogP contribution in [0.4, 0.5) is 0 Å². The topological polar surface area (TPSA) is 98.9 Å². The third-order valence-corrected chi connectivity index (χ3v) is 3.25. The van der Waals surface area contributed by atoms with Crippen LogP contribution in [0.25, 0.3) is 10.9 Å². The summed E-state index contributed by atoms with van der Waals surface area (Å²) in [5.41, 5.74) is 1.20. The summed E-state index contributed by atoms with van der Waals surface area (Å²) in [6.07, 6.45) is 1.28. The number of nitrogens with zero attached hydrogens (tertiary/aromatic N) is 1. The van der Waals surface area contributed by atoms with Gasteiger partial charge in [0.2, 0.25) is 5.91 Å². The van der Waals surface area contributed by atoms with E-state index in [9.17, 15) is 9.59 Å². The lowest BCUT2D eigenvalue weighted by Gasteiger charge is -2.06. The van der Waals surface area contributed by atoms with Gasteiger partial charge in [-0.25, -0.2) is 0 Å². The van der Waals surface area contributed by atoms with Crippen molar-refractivity contribution in [1.29, 1.82) is 0 Å². The molecule has 0 unspecified atom stereocenters. The number of carbonyl (C=O) groups is 2. The fraction of sp³-hybridized carbons (Fsp3) is 0.400. The lowest BCUT2D eigenvalue weighted by Crippen LogP contribution is -2.35. The van der Waals surface area contributed by atoms with Gasteiger partial charge >= 0.3 is 0 Å². The number of carbonyl (C=O) groups excluding carboxylic acids is 2. The Bertz CT molecular complexity index is 638. The van der Waals surface area contributed by atoms with Gasteiger partial charge in [0.15, 0.2) is 5.69 Å². The first-order chi connectivity index (χ1) is 10.7. The average molecular weight is 303 g/mol. The number of nitrogens with one attached hydrogen (secondary N) is 4. The zero-order valence-corrected chi connectivity index (χ0v) is 12.6. The van der Waals surface area contributed by atoms with Gasteiger partial charge in [-0.1, -0.05) is 18.2 Å². The molecule has 2 rings (SSSR count). The van der Waals surface area contributed by atoms with Crippen LogP contribution < -0.4 is 16.0 Å².